The van der Waals surface area contributed by atoms with Gasteiger partial charge in [0.1, 0.15) is 11.9 Å². The van der Waals surface area contributed by atoms with Crippen LogP contribution in [0.5, 0.6) is 0 Å². The van der Waals surface area contributed by atoms with Crippen molar-refractivity contribution in [2.75, 3.05) is 12.4 Å². The quantitative estimate of drug-likeness (QED) is 0.819. The third-order valence-corrected chi connectivity index (χ3v) is 4.11. The van der Waals surface area contributed by atoms with Crippen LogP contribution in [0.3, 0.4) is 0 Å². The van der Waals surface area contributed by atoms with Gasteiger partial charge in [-0.15, -0.1) is 11.3 Å². The molecule has 0 bridgehead atoms. The van der Waals surface area contributed by atoms with Crippen molar-refractivity contribution in [1.82, 2.24) is 10.3 Å². The zero-order valence-corrected chi connectivity index (χ0v) is 15.0. The lowest BCUT2D eigenvalue weighted by Crippen LogP contribution is -2.44. The molecule has 8 heteroatoms. The summed E-state index contributed by atoms with van der Waals surface area (Å²) in [6.07, 6.45) is -0.205. The fourth-order valence-corrected chi connectivity index (χ4v) is 2.93. The summed E-state index contributed by atoms with van der Waals surface area (Å²) in [6.45, 7) is 3.90. The van der Waals surface area contributed by atoms with E-state index in [9.17, 15) is 14.0 Å². The lowest BCUT2D eigenvalue weighted by molar-refractivity contribution is -0.118. The topological polar surface area (TPSA) is 80.3 Å². The summed E-state index contributed by atoms with van der Waals surface area (Å²) in [5, 5.41) is 7.32. The number of rotatable bonds is 6. The number of halogens is 1. The molecular weight excluding hydrogens is 345 g/mol. The Morgan fingerprint density at radius 2 is 2.12 bits per heavy atom. The molecule has 1 aromatic carbocycles. The van der Waals surface area contributed by atoms with Crippen molar-refractivity contribution in [3.8, 4) is 11.3 Å². The van der Waals surface area contributed by atoms with Gasteiger partial charge in [-0.2, -0.15) is 0 Å². The molecule has 0 aliphatic carbocycles. The van der Waals surface area contributed by atoms with Crippen molar-refractivity contribution in [2.45, 2.75) is 26.3 Å². The number of carbonyl (C=O) groups is 2. The van der Waals surface area contributed by atoms with Crippen LogP contribution in [0.4, 0.5) is 14.3 Å². The van der Waals surface area contributed by atoms with Crippen molar-refractivity contribution in [3.05, 3.63) is 35.5 Å². The number of nitrogens with zero attached hydrogens (tertiary/aromatic N) is 1. The predicted molar refractivity (Wildman–Crippen MR) is 94.9 cm³/mol. The summed E-state index contributed by atoms with van der Waals surface area (Å²) in [7, 11) is 1.24. The zero-order valence-electron chi connectivity index (χ0n) is 14.2. The molecule has 0 aliphatic heterocycles. The minimum absolute atomic E-state index is 0.201. The Morgan fingerprint density at radius 3 is 2.76 bits per heavy atom. The highest BCUT2D eigenvalue weighted by Gasteiger charge is 2.23. The predicted octanol–water partition coefficient (Wildman–Crippen LogP) is 3.66. The second kappa shape index (κ2) is 8.57. The van der Waals surface area contributed by atoms with E-state index in [1.165, 1.54) is 30.6 Å². The van der Waals surface area contributed by atoms with E-state index in [1.54, 1.807) is 17.5 Å². The van der Waals surface area contributed by atoms with Crippen LogP contribution in [0.1, 0.15) is 20.3 Å². The molecule has 0 spiro atoms. The average molecular weight is 365 g/mol. The van der Waals surface area contributed by atoms with Gasteiger partial charge in [0.25, 0.3) is 0 Å². The highest BCUT2D eigenvalue weighted by atomic mass is 32.1. The Morgan fingerprint density at radius 1 is 1.36 bits per heavy atom. The first-order chi connectivity index (χ1) is 11.9. The normalized spacial score (nSPS) is 11.9. The van der Waals surface area contributed by atoms with Crippen LogP contribution in [-0.2, 0) is 9.53 Å². The van der Waals surface area contributed by atoms with Crippen LogP contribution in [0.25, 0.3) is 11.3 Å². The van der Waals surface area contributed by atoms with Crippen molar-refractivity contribution in [2.24, 2.45) is 5.92 Å². The molecule has 0 aliphatic rings. The van der Waals surface area contributed by atoms with Gasteiger partial charge < -0.3 is 15.4 Å². The maximum atomic E-state index is 13.3. The number of anilines is 1. The molecule has 2 aromatic rings. The number of aromatic nitrogens is 1. The maximum Gasteiger partial charge on any atom is 0.407 e. The van der Waals surface area contributed by atoms with Crippen molar-refractivity contribution >= 4 is 28.5 Å². The number of benzene rings is 1. The molecule has 0 saturated carbocycles. The summed E-state index contributed by atoms with van der Waals surface area (Å²) in [4.78, 5) is 28.1. The molecule has 134 valence electrons. The largest absolute Gasteiger partial charge is 0.453 e. The number of hydrogen-bond acceptors (Lipinski definition) is 5. The first kappa shape index (κ1) is 18.9. The highest BCUT2D eigenvalue weighted by Crippen LogP contribution is 2.25. The molecule has 2 N–H and O–H groups in total. The van der Waals surface area contributed by atoms with Gasteiger partial charge in [-0.3, -0.25) is 4.79 Å². The summed E-state index contributed by atoms with van der Waals surface area (Å²) in [6, 6.07) is 5.34. The van der Waals surface area contributed by atoms with Crippen molar-refractivity contribution in [1.29, 1.82) is 0 Å². The van der Waals surface area contributed by atoms with Gasteiger partial charge in [0.2, 0.25) is 5.91 Å². The number of hydrogen-bond donors (Lipinski definition) is 2. The number of amides is 2. The van der Waals surface area contributed by atoms with Gasteiger partial charge in [-0.1, -0.05) is 26.0 Å². The highest BCUT2D eigenvalue weighted by molar-refractivity contribution is 7.14. The number of nitrogens with one attached hydrogen (secondary N) is 2. The Hall–Kier alpha value is -2.48. The monoisotopic (exact) mass is 365 g/mol. The van der Waals surface area contributed by atoms with E-state index >= 15 is 0 Å². The van der Waals surface area contributed by atoms with Crippen LogP contribution in [0, 0.1) is 11.7 Å². The number of carbonyl (C=O) groups excluding carboxylic acids is 2. The molecule has 2 amide bonds. The second-order valence-electron chi connectivity index (χ2n) is 5.86. The third kappa shape index (κ3) is 5.53. The second-order valence-corrected chi connectivity index (χ2v) is 6.71. The molecule has 0 saturated heterocycles. The fourth-order valence-electron chi connectivity index (χ4n) is 2.21. The molecule has 1 atom stereocenters. The van der Waals surface area contributed by atoms with Crippen molar-refractivity contribution < 1.29 is 18.7 Å². The summed E-state index contributed by atoms with van der Waals surface area (Å²) >= 11 is 1.23. The van der Waals surface area contributed by atoms with E-state index in [0.717, 1.165) is 0 Å². The molecular formula is C17H20FN3O3S. The number of ether oxygens (including phenoxy) is 1. The molecule has 1 heterocycles. The number of methoxy groups -OCH3 is 1. The fraction of sp³-hybridized carbons (Fsp3) is 0.353. The Kier molecular flexibility index (Phi) is 6.46. The van der Waals surface area contributed by atoms with Crippen LogP contribution >= 0.6 is 11.3 Å². The summed E-state index contributed by atoms with van der Waals surface area (Å²) < 4.78 is 17.9. The van der Waals surface area contributed by atoms with Crippen LogP contribution in [0.2, 0.25) is 0 Å². The molecule has 6 nitrogen and oxygen atoms in total. The smallest absolute Gasteiger partial charge is 0.407 e. The molecule has 25 heavy (non-hydrogen) atoms. The minimum Gasteiger partial charge on any atom is -0.453 e. The first-order valence-electron chi connectivity index (χ1n) is 7.76. The van der Waals surface area contributed by atoms with Crippen LogP contribution in [0.15, 0.2) is 29.6 Å². The SMILES string of the molecule is COC(=O)NC(CC(C)C)C(=O)Nc1nc(-c2cccc(F)c2)cs1. The minimum atomic E-state index is -0.728. The van der Waals surface area contributed by atoms with Crippen LogP contribution in [-0.4, -0.2) is 30.1 Å². The van der Waals surface area contributed by atoms with E-state index in [2.05, 4.69) is 20.4 Å². The van der Waals surface area contributed by atoms with Gasteiger partial charge in [0.05, 0.1) is 12.8 Å². The van der Waals surface area contributed by atoms with Gasteiger partial charge in [0.15, 0.2) is 5.13 Å². The molecule has 1 unspecified atom stereocenters. The van der Waals surface area contributed by atoms with Gasteiger partial charge >= 0.3 is 6.09 Å². The Labute approximate surface area is 149 Å². The van der Waals surface area contributed by atoms with Gasteiger partial charge in [0, 0.05) is 10.9 Å². The Balaban J connectivity index is 2.09. The molecule has 0 radical (unpaired) electrons. The number of alkyl carbamates (subject to hydrolysis) is 1. The van der Waals surface area contributed by atoms with E-state index in [1.807, 2.05) is 13.8 Å². The maximum absolute atomic E-state index is 13.3. The molecule has 0 fully saturated rings. The zero-order chi connectivity index (χ0) is 18.4. The summed E-state index contributed by atoms with van der Waals surface area (Å²) in [5.41, 5.74) is 1.20. The van der Waals surface area contributed by atoms with E-state index in [4.69, 9.17) is 0 Å². The lowest BCUT2D eigenvalue weighted by atomic mass is 10.0. The number of thiazole rings is 1. The standard InChI is InChI=1S/C17H20FN3O3S/c1-10(2)7-13(20-17(23)24-3)15(22)21-16-19-14(9-25-16)11-5-4-6-12(18)8-11/h4-6,8-10,13H,7H2,1-3H3,(H,20,23)(H,19,21,22). The Bertz CT molecular complexity index is 748. The van der Waals surface area contributed by atoms with E-state index in [-0.39, 0.29) is 17.6 Å². The lowest BCUT2D eigenvalue weighted by Gasteiger charge is -2.18. The van der Waals surface area contributed by atoms with E-state index in [0.29, 0.717) is 22.8 Å². The first-order valence-corrected chi connectivity index (χ1v) is 8.63. The van der Waals surface area contributed by atoms with Gasteiger partial charge in [-0.05, 0) is 24.5 Å². The average Bonchev–Trinajstić information content (AvgIpc) is 3.02. The van der Waals surface area contributed by atoms with Crippen molar-refractivity contribution in [3.63, 3.8) is 0 Å². The molecule has 2 rings (SSSR count). The third-order valence-electron chi connectivity index (χ3n) is 3.36. The summed E-state index contributed by atoms with van der Waals surface area (Å²) in [5.74, 6) is -0.526. The van der Waals surface area contributed by atoms with Gasteiger partial charge in [-0.25, -0.2) is 14.2 Å². The van der Waals surface area contributed by atoms with Crippen LogP contribution < -0.4 is 10.6 Å². The van der Waals surface area contributed by atoms with E-state index < -0.39 is 12.1 Å². The molecule has 1 aromatic heterocycles.